The van der Waals surface area contributed by atoms with Gasteiger partial charge in [0.25, 0.3) is 5.91 Å². The smallest absolute Gasteiger partial charge is 0.255 e. The van der Waals surface area contributed by atoms with Crippen LogP contribution in [0.4, 0.5) is 5.69 Å². The number of hydrogen-bond acceptors (Lipinski definition) is 3. The lowest BCUT2D eigenvalue weighted by Crippen LogP contribution is -2.40. The number of nitrogens with zero attached hydrogens (tertiary/aromatic N) is 1. The van der Waals surface area contributed by atoms with Gasteiger partial charge in [0.1, 0.15) is 0 Å². The lowest BCUT2D eigenvalue weighted by atomic mass is 10.0. The summed E-state index contributed by atoms with van der Waals surface area (Å²) in [7, 11) is 0. The molecule has 0 aromatic heterocycles. The van der Waals surface area contributed by atoms with Gasteiger partial charge in [0.05, 0.1) is 11.7 Å². The predicted molar refractivity (Wildman–Crippen MR) is 81.1 cm³/mol. The Morgan fingerprint density at radius 1 is 1.40 bits per heavy atom. The molecule has 2 N–H and O–H groups in total. The highest BCUT2D eigenvalue weighted by Gasteiger charge is 2.23. The van der Waals surface area contributed by atoms with Crippen LogP contribution in [-0.4, -0.2) is 41.7 Å². The van der Waals surface area contributed by atoms with Gasteiger partial charge >= 0.3 is 0 Å². The van der Waals surface area contributed by atoms with Crippen molar-refractivity contribution in [3.05, 3.63) is 29.3 Å². The van der Waals surface area contributed by atoms with E-state index in [-0.39, 0.29) is 12.0 Å². The second kappa shape index (κ2) is 6.75. The monoisotopic (exact) mass is 276 g/mol. The van der Waals surface area contributed by atoms with Crippen LogP contribution in [-0.2, 0) is 0 Å². The topological polar surface area (TPSA) is 52.6 Å². The van der Waals surface area contributed by atoms with Gasteiger partial charge in [0.15, 0.2) is 0 Å². The van der Waals surface area contributed by atoms with Crippen molar-refractivity contribution in [3.8, 4) is 0 Å². The van der Waals surface area contributed by atoms with Gasteiger partial charge in [-0.05, 0) is 43.9 Å². The van der Waals surface area contributed by atoms with E-state index < -0.39 is 0 Å². The van der Waals surface area contributed by atoms with Crippen LogP contribution in [0.25, 0.3) is 0 Å². The van der Waals surface area contributed by atoms with Gasteiger partial charge in [-0.1, -0.05) is 13.0 Å². The number of likely N-dealkylation sites (tertiary alicyclic amines) is 1. The van der Waals surface area contributed by atoms with Crippen LogP contribution in [0.2, 0.25) is 0 Å². The first-order valence-electron chi connectivity index (χ1n) is 7.43. The molecule has 1 amide bonds. The second-order valence-electron chi connectivity index (χ2n) is 5.50. The number of rotatable bonds is 4. The molecule has 0 saturated carbocycles. The van der Waals surface area contributed by atoms with E-state index >= 15 is 0 Å². The van der Waals surface area contributed by atoms with Crippen molar-refractivity contribution in [1.82, 2.24) is 4.90 Å². The van der Waals surface area contributed by atoms with Gasteiger partial charge < -0.3 is 15.3 Å². The lowest BCUT2D eigenvalue weighted by molar-refractivity contribution is 0.0547. The molecule has 0 spiro atoms. The van der Waals surface area contributed by atoms with Crippen LogP contribution in [0.3, 0.4) is 0 Å². The summed E-state index contributed by atoms with van der Waals surface area (Å²) >= 11 is 0. The highest BCUT2D eigenvalue weighted by atomic mass is 16.3. The zero-order valence-electron chi connectivity index (χ0n) is 12.4. The molecule has 1 aromatic rings. The normalized spacial score (nSPS) is 16.2. The molecule has 0 radical (unpaired) electrons. The van der Waals surface area contributed by atoms with E-state index in [0.29, 0.717) is 25.9 Å². The number of aryl methyl sites for hydroxylation is 1. The highest BCUT2D eigenvalue weighted by molar-refractivity contribution is 5.99. The van der Waals surface area contributed by atoms with E-state index in [1.807, 2.05) is 30.0 Å². The molecule has 0 unspecified atom stereocenters. The molecular weight excluding hydrogens is 252 g/mol. The molecule has 1 aliphatic heterocycles. The summed E-state index contributed by atoms with van der Waals surface area (Å²) in [5, 5.41) is 12.9. The van der Waals surface area contributed by atoms with E-state index in [1.54, 1.807) is 0 Å². The van der Waals surface area contributed by atoms with Crippen LogP contribution in [0.15, 0.2) is 18.2 Å². The number of carbonyl (C=O) groups is 1. The Bertz CT molecular complexity index is 466. The number of aliphatic hydroxyl groups is 1. The number of carbonyl (C=O) groups excluding carboxylic acids is 1. The maximum Gasteiger partial charge on any atom is 0.255 e. The fraction of sp³-hybridized carbons (Fsp3) is 0.562. The summed E-state index contributed by atoms with van der Waals surface area (Å²) in [5.41, 5.74) is 2.80. The number of piperidine rings is 1. The molecule has 4 heteroatoms. The van der Waals surface area contributed by atoms with Gasteiger partial charge in [-0.3, -0.25) is 4.79 Å². The maximum atomic E-state index is 12.6. The average Bonchev–Trinajstić information content (AvgIpc) is 2.45. The number of hydrogen-bond donors (Lipinski definition) is 2. The second-order valence-corrected chi connectivity index (χ2v) is 5.50. The summed E-state index contributed by atoms with van der Waals surface area (Å²) in [5.74, 6) is 0.0653. The van der Waals surface area contributed by atoms with Crippen LogP contribution >= 0.6 is 0 Å². The Kier molecular flexibility index (Phi) is 5.01. The predicted octanol–water partition coefficient (Wildman–Crippen LogP) is 2.41. The first kappa shape index (κ1) is 14.9. The number of aliphatic hydroxyl groups excluding tert-OH is 1. The zero-order valence-corrected chi connectivity index (χ0v) is 12.4. The third kappa shape index (κ3) is 3.51. The summed E-state index contributed by atoms with van der Waals surface area (Å²) in [6, 6.07) is 5.91. The first-order chi connectivity index (χ1) is 9.61. The molecule has 0 atom stereocenters. The van der Waals surface area contributed by atoms with E-state index in [1.165, 1.54) is 0 Å². The minimum atomic E-state index is -0.255. The number of benzene rings is 1. The molecule has 1 aromatic carbocycles. The van der Waals surface area contributed by atoms with E-state index in [4.69, 9.17) is 0 Å². The lowest BCUT2D eigenvalue weighted by Gasteiger charge is -2.30. The summed E-state index contributed by atoms with van der Waals surface area (Å²) < 4.78 is 0. The van der Waals surface area contributed by atoms with Crippen LogP contribution in [0, 0.1) is 6.92 Å². The Labute approximate surface area is 120 Å². The number of anilines is 1. The number of nitrogens with one attached hydrogen (secondary N) is 1. The molecule has 110 valence electrons. The van der Waals surface area contributed by atoms with Crippen LogP contribution < -0.4 is 5.32 Å². The number of amides is 1. The Morgan fingerprint density at radius 3 is 2.75 bits per heavy atom. The Morgan fingerprint density at radius 2 is 2.10 bits per heavy atom. The summed E-state index contributed by atoms with van der Waals surface area (Å²) in [4.78, 5) is 14.4. The minimum absolute atomic E-state index is 0.0653. The van der Waals surface area contributed by atoms with Crippen molar-refractivity contribution in [2.45, 2.75) is 39.2 Å². The van der Waals surface area contributed by atoms with Crippen LogP contribution in [0.5, 0.6) is 0 Å². The molecule has 0 bridgehead atoms. The van der Waals surface area contributed by atoms with E-state index in [0.717, 1.165) is 29.8 Å². The van der Waals surface area contributed by atoms with E-state index in [2.05, 4.69) is 12.2 Å². The van der Waals surface area contributed by atoms with Crippen molar-refractivity contribution in [2.75, 3.05) is 25.0 Å². The fourth-order valence-electron chi connectivity index (χ4n) is 2.49. The van der Waals surface area contributed by atoms with Gasteiger partial charge in [-0.15, -0.1) is 0 Å². The molecule has 1 fully saturated rings. The van der Waals surface area contributed by atoms with Crippen molar-refractivity contribution in [2.24, 2.45) is 0 Å². The molecule has 1 saturated heterocycles. The first-order valence-corrected chi connectivity index (χ1v) is 7.43. The average molecular weight is 276 g/mol. The van der Waals surface area contributed by atoms with Gasteiger partial charge in [-0.2, -0.15) is 0 Å². The standard InChI is InChI=1S/C16H24N2O2/c1-3-8-17-15-11-12(2)4-5-14(15)16(20)18-9-6-13(19)7-10-18/h4-5,11,13,17,19H,3,6-10H2,1-2H3. The molecule has 1 heterocycles. The molecule has 20 heavy (non-hydrogen) atoms. The van der Waals surface area contributed by atoms with Crippen molar-refractivity contribution >= 4 is 11.6 Å². The van der Waals surface area contributed by atoms with Crippen molar-refractivity contribution in [1.29, 1.82) is 0 Å². The molecule has 2 rings (SSSR count). The SMILES string of the molecule is CCCNc1cc(C)ccc1C(=O)N1CCC(O)CC1. The zero-order chi connectivity index (χ0) is 14.5. The van der Waals surface area contributed by atoms with Crippen LogP contribution in [0.1, 0.15) is 42.1 Å². The van der Waals surface area contributed by atoms with Gasteiger partial charge in [0.2, 0.25) is 0 Å². The summed E-state index contributed by atoms with van der Waals surface area (Å²) in [6.45, 7) is 6.28. The summed E-state index contributed by atoms with van der Waals surface area (Å²) in [6.07, 6.45) is 2.12. The third-order valence-corrected chi connectivity index (χ3v) is 3.72. The largest absolute Gasteiger partial charge is 0.393 e. The van der Waals surface area contributed by atoms with Gasteiger partial charge in [-0.25, -0.2) is 0 Å². The molecular formula is C16H24N2O2. The quantitative estimate of drug-likeness (QED) is 0.888. The molecule has 4 nitrogen and oxygen atoms in total. The van der Waals surface area contributed by atoms with Gasteiger partial charge in [0, 0.05) is 25.3 Å². The Hall–Kier alpha value is -1.55. The third-order valence-electron chi connectivity index (χ3n) is 3.72. The highest BCUT2D eigenvalue weighted by Crippen LogP contribution is 2.21. The Balaban J connectivity index is 2.16. The van der Waals surface area contributed by atoms with Crippen molar-refractivity contribution < 1.29 is 9.90 Å². The minimum Gasteiger partial charge on any atom is -0.393 e. The molecule has 1 aliphatic rings. The molecule has 0 aliphatic carbocycles. The maximum absolute atomic E-state index is 12.6. The fourth-order valence-corrected chi connectivity index (χ4v) is 2.49. The van der Waals surface area contributed by atoms with Crippen molar-refractivity contribution in [3.63, 3.8) is 0 Å². The van der Waals surface area contributed by atoms with E-state index in [9.17, 15) is 9.90 Å².